The number of anilines is 2. The second kappa shape index (κ2) is 8.32. The predicted octanol–water partition coefficient (Wildman–Crippen LogP) is 3.43. The summed E-state index contributed by atoms with van der Waals surface area (Å²) in [5.41, 5.74) is 2.44. The van der Waals surface area contributed by atoms with Gasteiger partial charge in [-0.05, 0) is 48.7 Å². The second-order valence-corrected chi connectivity index (χ2v) is 8.29. The summed E-state index contributed by atoms with van der Waals surface area (Å²) in [5.74, 6) is -0.704. The Labute approximate surface area is 175 Å². The molecule has 7 heteroatoms. The monoisotopic (exact) mass is 415 g/mol. The Bertz CT molecular complexity index is 942. The molecule has 2 aromatic carbocycles. The van der Waals surface area contributed by atoms with Crippen molar-refractivity contribution >= 4 is 17.2 Å². The lowest BCUT2D eigenvalue weighted by Crippen LogP contribution is -2.57. The molecule has 0 atom stereocenters. The van der Waals surface area contributed by atoms with Crippen molar-refractivity contribution < 1.29 is 18.7 Å². The van der Waals surface area contributed by atoms with Crippen LogP contribution in [-0.2, 0) is 6.54 Å². The van der Waals surface area contributed by atoms with Crippen LogP contribution in [0.3, 0.4) is 0 Å². The summed E-state index contributed by atoms with van der Waals surface area (Å²) < 4.78 is 27.5. The Kier molecular flexibility index (Phi) is 5.75. The number of ketones is 1. The predicted molar refractivity (Wildman–Crippen MR) is 113 cm³/mol. The van der Waals surface area contributed by atoms with Gasteiger partial charge >= 0.3 is 0 Å². The largest absolute Gasteiger partial charge is 0.395 e. The van der Waals surface area contributed by atoms with E-state index in [9.17, 15) is 13.6 Å². The molecule has 160 valence electrons. The maximum Gasteiger partial charge on any atom is 0.167 e. The molecule has 0 amide bonds. The van der Waals surface area contributed by atoms with E-state index in [0.717, 1.165) is 37.2 Å². The highest BCUT2D eigenvalue weighted by Crippen LogP contribution is 2.42. The quantitative estimate of drug-likeness (QED) is 0.784. The minimum Gasteiger partial charge on any atom is -0.395 e. The number of aliphatic hydroxyl groups excluding tert-OH is 1. The number of nitrogens with one attached hydrogen (secondary N) is 1. The van der Waals surface area contributed by atoms with Crippen LogP contribution in [0.15, 0.2) is 36.4 Å². The van der Waals surface area contributed by atoms with Crippen molar-refractivity contribution in [1.82, 2.24) is 4.90 Å². The van der Waals surface area contributed by atoms with Gasteiger partial charge in [-0.1, -0.05) is 6.07 Å². The fraction of sp³-hybridized carbons (Fsp3) is 0.435. The molecule has 2 aliphatic rings. The van der Waals surface area contributed by atoms with Gasteiger partial charge in [-0.25, -0.2) is 8.78 Å². The third-order valence-corrected chi connectivity index (χ3v) is 6.47. The maximum absolute atomic E-state index is 13.9. The van der Waals surface area contributed by atoms with E-state index in [2.05, 4.69) is 15.1 Å². The summed E-state index contributed by atoms with van der Waals surface area (Å²) in [6, 6.07) is 9.47. The van der Waals surface area contributed by atoms with Gasteiger partial charge in [0.2, 0.25) is 0 Å². The third kappa shape index (κ3) is 3.91. The lowest BCUT2D eigenvalue weighted by atomic mass is 9.76. The van der Waals surface area contributed by atoms with Crippen LogP contribution >= 0.6 is 0 Å². The highest BCUT2D eigenvalue weighted by atomic mass is 19.1. The number of rotatable bonds is 5. The Hall–Kier alpha value is -2.51. The minimum absolute atomic E-state index is 0.00850. The molecule has 30 heavy (non-hydrogen) atoms. The van der Waals surface area contributed by atoms with E-state index in [1.165, 1.54) is 18.2 Å². The summed E-state index contributed by atoms with van der Waals surface area (Å²) in [7, 11) is 2.00. The molecule has 1 spiro atoms. The van der Waals surface area contributed by atoms with Crippen LogP contribution in [-0.4, -0.2) is 54.6 Å². The summed E-state index contributed by atoms with van der Waals surface area (Å²) >= 11 is 0. The number of benzene rings is 2. The number of hydrogen-bond donors (Lipinski definition) is 2. The minimum atomic E-state index is -0.381. The number of hydrogen-bond acceptors (Lipinski definition) is 5. The molecule has 0 saturated carbocycles. The van der Waals surface area contributed by atoms with Crippen molar-refractivity contribution in [3.8, 4) is 0 Å². The first-order valence-electron chi connectivity index (χ1n) is 10.3. The number of nitrogens with zero attached hydrogens (tertiary/aromatic N) is 2. The van der Waals surface area contributed by atoms with Crippen molar-refractivity contribution in [2.75, 3.05) is 43.5 Å². The molecule has 0 unspecified atom stereocenters. The van der Waals surface area contributed by atoms with E-state index in [1.54, 1.807) is 18.2 Å². The summed E-state index contributed by atoms with van der Waals surface area (Å²) in [6.07, 6.45) is 2.07. The zero-order chi connectivity index (χ0) is 21.3. The Balaban J connectivity index is 1.44. The fourth-order valence-electron chi connectivity index (χ4n) is 4.69. The van der Waals surface area contributed by atoms with Gasteiger partial charge in [-0.2, -0.15) is 0 Å². The van der Waals surface area contributed by atoms with Crippen LogP contribution in [0.2, 0.25) is 0 Å². The molecular weight excluding hydrogens is 388 g/mol. The SMILES string of the molecule is CN1c2ccc(F)cc2C(=O)CC12CCN(Cc1ccc(F)c(NCCO)c1)CC2. The first-order chi connectivity index (χ1) is 14.4. The van der Waals surface area contributed by atoms with Crippen LogP contribution in [0.5, 0.6) is 0 Å². The van der Waals surface area contributed by atoms with Gasteiger partial charge in [0, 0.05) is 56.4 Å². The first kappa shape index (κ1) is 20.8. The van der Waals surface area contributed by atoms with Gasteiger partial charge in [-0.3, -0.25) is 9.69 Å². The molecule has 2 heterocycles. The summed E-state index contributed by atoms with van der Waals surface area (Å²) in [6.45, 7) is 2.59. The Morgan fingerprint density at radius 3 is 2.63 bits per heavy atom. The molecule has 0 aromatic heterocycles. The standard InChI is InChI=1S/C23H27F2N3O2/c1-27-21-5-3-17(24)13-18(21)22(30)14-23(27)6-9-28(10-7-23)15-16-2-4-19(25)20(12-16)26-8-11-29/h2-5,12-13,26,29H,6-11,14-15H2,1H3. The van der Waals surface area contributed by atoms with E-state index < -0.39 is 0 Å². The van der Waals surface area contributed by atoms with Gasteiger partial charge in [0.05, 0.1) is 12.3 Å². The molecule has 2 aromatic rings. The van der Waals surface area contributed by atoms with E-state index in [0.29, 0.717) is 30.8 Å². The molecule has 4 rings (SSSR count). The van der Waals surface area contributed by atoms with E-state index in [-0.39, 0.29) is 29.6 Å². The van der Waals surface area contributed by atoms with Crippen LogP contribution in [0.4, 0.5) is 20.2 Å². The lowest BCUT2D eigenvalue weighted by molar-refractivity contribution is 0.0865. The number of piperidine rings is 1. The average molecular weight is 415 g/mol. The van der Waals surface area contributed by atoms with Crippen molar-refractivity contribution in [3.05, 3.63) is 59.2 Å². The van der Waals surface area contributed by atoms with E-state index >= 15 is 0 Å². The van der Waals surface area contributed by atoms with Gasteiger partial charge in [0.15, 0.2) is 5.78 Å². The molecule has 2 aliphatic heterocycles. The number of carbonyl (C=O) groups excluding carboxylic acids is 1. The van der Waals surface area contributed by atoms with Gasteiger partial charge in [0.25, 0.3) is 0 Å². The third-order valence-electron chi connectivity index (χ3n) is 6.47. The topological polar surface area (TPSA) is 55.8 Å². The number of halogens is 2. The Morgan fingerprint density at radius 2 is 1.90 bits per heavy atom. The second-order valence-electron chi connectivity index (χ2n) is 8.29. The number of carbonyl (C=O) groups is 1. The van der Waals surface area contributed by atoms with E-state index in [1.807, 2.05) is 7.05 Å². The molecule has 0 aliphatic carbocycles. The molecule has 1 fully saturated rings. The van der Waals surface area contributed by atoms with Crippen molar-refractivity contribution in [2.45, 2.75) is 31.3 Å². The average Bonchev–Trinajstić information content (AvgIpc) is 2.74. The zero-order valence-electron chi connectivity index (χ0n) is 17.1. The van der Waals surface area contributed by atoms with Gasteiger partial charge in [0.1, 0.15) is 11.6 Å². The smallest absolute Gasteiger partial charge is 0.167 e. The van der Waals surface area contributed by atoms with E-state index in [4.69, 9.17) is 5.11 Å². The van der Waals surface area contributed by atoms with Gasteiger partial charge in [-0.15, -0.1) is 0 Å². The molecule has 0 bridgehead atoms. The van der Waals surface area contributed by atoms with Gasteiger partial charge < -0.3 is 15.3 Å². The molecule has 1 saturated heterocycles. The number of aliphatic hydroxyl groups is 1. The highest BCUT2D eigenvalue weighted by Gasteiger charge is 2.44. The molecule has 5 nitrogen and oxygen atoms in total. The summed E-state index contributed by atoms with van der Waals surface area (Å²) in [5, 5.41) is 11.8. The fourth-order valence-corrected chi connectivity index (χ4v) is 4.69. The van der Waals surface area contributed by atoms with Crippen LogP contribution in [0, 0.1) is 11.6 Å². The zero-order valence-corrected chi connectivity index (χ0v) is 17.1. The lowest BCUT2D eigenvalue weighted by Gasteiger charge is -2.51. The molecular formula is C23H27F2N3O2. The van der Waals surface area contributed by atoms with Crippen LogP contribution < -0.4 is 10.2 Å². The van der Waals surface area contributed by atoms with Crippen LogP contribution in [0.1, 0.15) is 35.2 Å². The van der Waals surface area contributed by atoms with Crippen molar-refractivity contribution in [3.63, 3.8) is 0 Å². The van der Waals surface area contributed by atoms with Crippen molar-refractivity contribution in [2.24, 2.45) is 0 Å². The Morgan fingerprint density at radius 1 is 1.13 bits per heavy atom. The first-order valence-corrected chi connectivity index (χ1v) is 10.3. The normalized spacial score (nSPS) is 18.5. The van der Waals surface area contributed by atoms with Crippen molar-refractivity contribution in [1.29, 1.82) is 0 Å². The highest BCUT2D eigenvalue weighted by molar-refractivity contribution is 6.04. The molecule has 2 N–H and O–H groups in total. The number of fused-ring (bicyclic) bond motifs is 1. The number of Topliss-reactive ketones (excluding diaryl/α,β-unsaturated/α-hetero) is 1. The maximum atomic E-state index is 13.9. The summed E-state index contributed by atoms with van der Waals surface area (Å²) in [4.78, 5) is 17.2. The number of likely N-dealkylation sites (tertiary alicyclic amines) is 1. The van der Waals surface area contributed by atoms with Crippen LogP contribution in [0.25, 0.3) is 0 Å². The molecule has 0 radical (unpaired) electrons.